The third-order valence-electron chi connectivity index (χ3n) is 2.26. The normalized spacial score (nSPS) is 11.8. The lowest BCUT2D eigenvalue weighted by molar-refractivity contribution is 0.0636. The van der Waals surface area contributed by atoms with E-state index in [0.717, 1.165) is 0 Å². The van der Waals surface area contributed by atoms with Gasteiger partial charge in [0.15, 0.2) is 0 Å². The summed E-state index contributed by atoms with van der Waals surface area (Å²) in [6.07, 6.45) is 0.918. The van der Waals surface area contributed by atoms with Crippen molar-refractivity contribution in [2.24, 2.45) is 5.18 Å². The molecular formula is C13H19N3O3. The van der Waals surface area contributed by atoms with E-state index < -0.39 is 17.2 Å². The highest BCUT2D eigenvalue weighted by atomic mass is 16.6. The van der Waals surface area contributed by atoms with E-state index in [-0.39, 0.29) is 0 Å². The third-order valence-corrected chi connectivity index (χ3v) is 2.26. The molecule has 0 aliphatic heterocycles. The fourth-order valence-electron chi connectivity index (χ4n) is 1.30. The molecule has 6 nitrogen and oxygen atoms in total. The van der Waals surface area contributed by atoms with Gasteiger partial charge in [-0.05, 0) is 46.8 Å². The average molecular weight is 265 g/mol. The van der Waals surface area contributed by atoms with Gasteiger partial charge in [-0.2, -0.15) is 0 Å². The third kappa shape index (κ3) is 4.65. The van der Waals surface area contributed by atoms with Gasteiger partial charge in [-0.25, -0.2) is 4.79 Å². The fraction of sp³-hybridized carbons (Fsp3) is 0.538. The van der Waals surface area contributed by atoms with Crippen LogP contribution in [0.3, 0.4) is 0 Å². The zero-order valence-corrected chi connectivity index (χ0v) is 11.9. The highest BCUT2D eigenvalue weighted by Gasteiger charge is 2.23. The number of anilines is 1. The van der Waals surface area contributed by atoms with Crippen LogP contribution in [-0.4, -0.2) is 16.7 Å². The lowest BCUT2D eigenvalue weighted by Crippen LogP contribution is -2.27. The lowest BCUT2D eigenvalue weighted by Gasteiger charge is -2.20. The van der Waals surface area contributed by atoms with Crippen molar-refractivity contribution in [3.63, 3.8) is 0 Å². The maximum absolute atomic E-state index is 11.5. The van der Waals surface area contributed by atoms with Crippen molar-refractivity contribution in [1.29, 1.82) is 0 Å². The van der Waals surface area contributed by atoms with E-state index in [2.05, 4.69) is 15.5 Å². The largest absolute Gasteiger partial charge is 0.444 e. The number of hydrogen-bond donors (Lipinski definition) is 1. The number of nitrogens with one attached hydrogen (secondary N) is 1. The van der Waals surface area contributed by atoms with Gasteiger partial charge in [0.2, 0.25) is 0 Å². The number of hydrogen-bond acceptors (Lipinski definition) is 5. The molecule has 0 spiro atoms. The predicted octanol–water partition coefficient (Wildman–Crippen LogP) is 3.43. The van der Waals surface area contributed by atoms with Crippen molar-refractivity contribution < 1.29 is 9.53 Å². The molecule has 0 atom stereocenters. The molecule has 1 aromatic heterocycles. The Balaban J connectivity index is 2.73. The van der Waals surface area contributed by atoms with Crippen LogP contribution >= 0.6 is 0 Å². The van der Waals surface area contributed by atoms with Crippen molar-refractivity contribution in [3.8, 4) is 0 Å². The zero-order valence-electron chi connectivity index (χ0n) is 11.9. The van der Waals surface area contributed by atoms with Crippen LogP contribution in [0.15, 0.2) is 23.5 Å². The van der Waals surface area contributed by atoms with Crippen molar-refractivity contribution in [1.82, 2.24) is 4.98 Å². The Labute approximate surface area is 112 Å². The second-order valence-electron chi connectivity index (χ2n) is 5.71. The van der Waals surface area contributed by atoms with Crippen LogP contribution in [0.4, 0.5) is 10.5 Å². The summed E-state index contributed by atoms with van der Waals surface area (Å²) in [6, 6.07) is 3.30. The molecule has 104 valence electrons. The Morgan fingerprint density at radius 2 is 1.89 bits per heavy atom. The number of nitrogens with zero attached hydrogens (tertiary/aromatic N) is 2. The Bertz CT molecular complexity index is 461. The number of amides is 1. The molecule has 0 radical (unpaired) electrons. The molecular weight excluding hydrogens is 246 g/mol. The smallest absolute Gasteiger partial charge is 0.412 e. The van der Waals surface area contributed by atoms with Crippen LogP contribution in [-0.2, 0) is 10.3 Å². The van der Waals surface area contributed by atoms with Crippen LogP contribution in [0, 0.1) is 4.91 Å². The molecule has 19 heavy (non-hydrogen) atoms. The molecule has 1 heterocycles. The minimum Gasteiger partial charge on any atom is -0.444 e. The molecule has 1 aromatic rings. The van der Waals surface area contributed by atoms with Gasteiger partial charge >= 0.3 is 6.09 Å². The van der Waals surface area contributed by atoms with Gasteiger partial charge in [0, 0.05) is 0 Å². The second kappa shape index (κ2) is 5.34. The number of carbonyl (C=O) groups excluding carboxylic acids is 1. The van der Waals surface area contributed by atoms with Gasteiger partial charge in [-0.1, -0.05) is 5.18 Å². The van der Waals surface area contributed by atoms with E-state index in [0.29, 0.717) is 11.4 Å². The summed E-state index contributed by atoms with van der Waals surface area (Å²) in [7, 11) is 0. The SMILES string of the molecule is CC(C)(C)OC(=O)Nc1ccc(C(C)(C)N=O)nc1. The van der Waals surface area contributed by atoms with Crippen LogP contribution in [0.5, 0.6) is 0 Å². The summed E-state index contributed by atoms with van der Waals surface area (Å²) in [5, 5.41) is 5.57. The molecule has 0 bridgehead atoms. The van der Waals surface area contributed by atoms with Crippen LogP contribution < -0.4 is 5.32 Å². The van der Waals surface area contributed by atoms with E-state index in [1.54, 1.807) is 46.8 Å². The summed E-state index contributed by atoms with van der Waals surface area (Å²) < 4.78 is 5.11. The molecule has 6 heteroatoms. The second-order valence-corrected chi connectivity index (χ2v) is 5.71. The Kier molecular flexibility index (Phi) is 4.24. The highest BCUT2D eigenvalue weighted by Crippen LogP contribution is 2.23. The molecule has 0 saturated heterocycles. The van der Waals surface area contributed by atoms with Crippen LogP contribution in [0.2, 0.25) is 0 Å². The molecule has 0 aliphatic rings. The van der Waals surface area contributed by atoms with Crippen LogP contribution in [0.1, 0.15) is 40.3 Å². The molecule has 0 fully saturated rings. The van der Waals surface area contributed by atoms with E-state index in [9.17, 15) is 9.70 Å². The standard InChI is InChI=1S/C13H19N3O3/c1-12(2,3)19-11(17)15-9-6-7-10(14-8-9)13(4,5)16-18/h6-8H,1-5H3,(H,15,17). The van der Waals surface area contributed by atoms with E-state index in [1.165, 1.54) is 6.20 Å². The van der Waals surface area contributed by atoms with Crippen molar-refractivity contribution in [2.45, 2.75) is 45.8 Å². The fourth-order valence-corrected chi connectivity index (χ4v) is 1.30. The molecule has 1 rings (SSSR count). The minimum absolute atomic E-state index is 0.500. The Morgan fingerprint density at radius 1 is 1.26 bits per heavy atom. The van der Waals surface area contributed by atoms with Gasteiger partial charge in [0.25, 0.3) is 0 Å². The summed E-state index contributed by atoms with van der Waals surface area (Å²) in [4.78, 5) is 26.3. The highest BCUT2D eigenvalue weighted by molar-refractivity contribution is 5.84. The van der Waals surface area contributed by atoms with Gasteiger partial charge in [-0.3, -0.25) is 10.3 Å². The number of pyridine rings is 1. The van der Waals surface area contributed by atoms with Crippen molar-refractivity contribution in [2.75, 3.05) is 5.32 Å². The topological polar surface area (TPSA) is 80.6 Å². The summed E-state index contributed by atoms with van der Waals surface area (Å²) in [5.74, 6) is 0. The quantitative estimate of drug-likeness (QED) is 0.849. The summed E-state index contributed by atoms with van der Waals surface area (Å²) in [6.45, 7) is 8.69. The maximum Gasteiger partial charge on any atom is 0.412 e. The first-order valence-electron chi connectivity index (χ1n) is 5.95. The molecule has 0 unspecified atom stereocenters. The Morgan fingerprint density at radius 3 is 2.32 bits per heavy atom. The summed E-state index contributed by atoms with van der Waals surface area (Å²) >= 11 is 0. The Hall–Kier alpha value is -1.98. The first-order chi connectivity index (χ1) is 8.64. The predicted molar refractivity (Wildman–Crippen MR) is 72.9 cm³/mol. The number of aromatic nitrogens is 1. The average Bonchev–Trinajstić information content (AvgIpc) is 2.27. The van der Waals surface area contributed by atoms with Gasteiger partial charge in [-0.15, -0.1) is 4.91 Å². The molecule has 0 saturated carbocycles. The van der Waals surface area contributed by atoms with Crippen molar-refractivity contribution >= 4 is 11.8 Å². The molecule has 1 N–H and O–H groups in total. The van der Waals surface area contributed by atoms with Gasteiger partial charge < -0.3 is 4.74 Å². The number of ether oxygens (including phenoxy) is 1. The van der Waals surface area contributed by atoms with Gasteiger partial charge in [0.1, 0.15) is 11.1 Å². The first kappa shape index (κ1) is 15.1. The molecule has 0 aliphatic carbocycles. The monoisotopic (exact) mass is 265 g/mol. The summed E-state index contributed by atoms with van der Waals surface area (Å²) in [5.41, 5.74) is -0.400. The van der Waals surface area contributed by atoms with Crippen LogP contribution in [0.25, 0.3) is 0 Å². The van der Waals surface area contributed by atoms with Gasteiger partial charge in [0.05, 0.1) is 17.6 Å². The first-order valence-corrected chi connectivity index (χ1v) is 5.95. The number of nitroso groups, excluding NO2 is 1. The number of rotatable bonds is 3. The number of carbonyl (C=O) groups is 1. The van der Waals surface area contributed by atoms with E-state index in [4.69, 9.17) is 4.74 Å². The van der Waals surface area contributed by atoms with E-state index >= 15 is 0 Å². The minimum atomic E-state index is -0.884. The molecule has 1 amide bonds. The molecule has 0 aromatic carbocycles. The lowest BCUT2D eigenvalue weighted by atomic mass is 10.0. The van der Waals surface area contributed by atoms with Crippen molar-refractivity contribution in [3.05, 3.63) is 28.9 Å². The van der Waals surface area contributed by atoms with E-state index in [1.807, 2.05) is 0 Å². The zero-order chi connectivity index (χ0) is 14.7. The maximum atomic E-state index is 11.5.